The number of carbonyl (C=O) groups excluding carboxylic acids is 1. The van der Waals surface area contributed by atoms with Crippen molar-refractivity contribution in [1.82, 2.24) is 10.2 Å². The van der Waals surface area contributed by atoms with E-state index in [1.165, 1.54) is 0 Å². The maximum absolute atomic E-state index is 12.0. The van der Waals surface area contributed by atoms with E-state index in [2.05, 4.69) is 12.2 Å². The Bertz CT molecular complexity index is 465. The molecule has 1 N–H and O–H groups in total. The number of hydrogen-bond donors (Lipinski definition) is 1. The van der Waals surface area contributed by atoms with Gasteiger partial charge in [0.2, 0.25) is 0 Å². The number of rotatable bonds is 5. The molecule has 1 fully saturated rings. The first-order chi connectivity index (χ1) is 10.3. The number of furan rings is 1. The fourth-order valence-electron chi connectivity index (χ4n) is 2.66. The zero-order chi connectivity index (χ0) is 16.2. The third-order valence-electron chi connectivity index (χ3n) is 3.78. The zero-order valence-electron chi connectivity index (χ0n) is 14.1. The quantitative estimate of drug-likeness (QED) is 0.908. The van der Waals surface area contributed by atoms with Gasteiger partial charge in [0.25, 0.3) is 0 Å². The molecular weight excluding hydrogens is 280 g/mol. The largest absolute Gasteiger partial charge is 0.469 e. The van der Waals surface area contributed by atoms with Crippen LogP contribution in [0.15, 0.2) is 22.8 Å². The van der Waals surface area contributed by atoms with E-state index >= 15 is 0 Å². The molecule has 5 heteroatoms. The van der Waals surface area contributed by atoms with Crippen molar-refractivity contribution in [1.29, 1.82) is 0 Å². The molecule has 2 atom stereocenters. The Morgan fingerprint density at radius 3 is 2.95 bits per heavy atom. The first kappa shape index (κ1) is 16.9. The second kappa shape index (κ2) is 7.18. The number of likely N-dealkylation sites (tertiary alicyclic amines) is 1. The van der Waals surface area contributed by atoms with Gasteiger partial charge in [0, 0.05) is 25.6 Å². The minimum Gasteiger partial charge on any atom is -0.469 e. The van der Waals surface area contributed by atoms with E-state index < -0.39 is 5.60 Å². The summed E-state index contributed by atoms with van der Waals surface area (Å²) < 4.78 is 10.8. The lowest BCUT2D eigenvalue weighted by Gasteiger charge is -2.24. The molecule has 5 nitrogen and oxygen atoms in total. The van der Waals surface area contributed by atoms with Crippen molar-refractivity contribution in [2.75, 3.05) is 19.6 Å². The molecule has 2 unspecified atom stereocenters. The number of nitrogens with zero attached hydrogens (tertiary/aromatic N) is 1. The van der Waals surface area contributed by atoms with Gasteiger partial charge in [-0.3, -0.25) is 0 Å². The summed E-state index contributed by atoms with van der Waals surface area (Å²) in [6.07, 6.45) is 3.42. The summed E-state index contributed by atoms with van der Waals surface area (Å²) in [5.74, 6) is 1.49. The molecule has 0 radical (unpaired) electrons. The topological polar surface area (TPSA) is 54.7 Å². The van der Waals surface area contributed by atoms with E-state index in [-0.39, 0.29) is 6.09 Å². The lowest BCUT2D eigenvalue weighted by molar-refractivity contribution is 0.0288. The predicted molar refractivity (Wildman–Crippen MR) is 85.8 cm³/mol. The van der Waals surface area contributed by atoms with Gasteiger partial charge in [-0.1, -0.05) is 0 Å². The van der Waals surface area contributed by atoms with Gasteiger partial charge in [-0.25, -0.2) is 4.79 Å². The van der Waals surface area contributed by atoms with Crippen LogP contribution in [0.25, 0.3) is 0 Å². The average Bonchev–Trinajstić information content (AvgIpc) is 3.05. The maximum Gasteiger partial charge on any atom is 0.410 e. The molecule has 1 aromatic rings. The highest BCUT2D eigenvalue weighted by Gasteiger charge is 2.29. The molecule has 124 valence electrons. The highest BCUT2D eigenvalue weighted by Crippen LogP contribution is 2.19. The molecule has 0 bridgehead atoms. The summed E-state index contributed by atoms with van der Waals surface area (Å²) in [6, 6.07) is 4.28. The second-order valence-electron chi connectivity index (χ2n) is 7.17. The summed E-state index contributed by atoms with van der Waals surface area (Å²) in [4.78, 5) is 13.8. The van der Waals surface area contributed by atoms with Crippen molar-refractivity contribution < 1.29 is 13.9 Å². The fourth-order valence-corrected chi connectivity index (χ4v) is 2.66. The number of amides is 1. The predicted octanol–water partition coefficient (Wildman–Crippen LogP) is 3.06. The van der Waals surface area contributed by atoms with Crippen LogP contribution in [0.2, 0.25) is 0 Å². The van der Waals surface area contributed by atoms with E-state index in [1.54, 1.807) is 6.26 Å². The summed E-state index contributed by atoms with van der Waals surface area (Å²) in [6.45, 7) is 10.3. The molecule has 1 amide bonds. The highest BCUT2D eigenvalue weighted by molar-refractivity contribution is 5.68. The van der Waals surface area contributed by atoms with E-state index in [0.717, 1.165) is 38.2 Å². The summed E-state index contributed by atoms with van der Waals surface area (Å²) >= 11 is 0. The van der Waals surface area contributed by atoms with Crippen molar-refractivity contribution in [2.45, 2.75) is 52.2 Å². The van der Waals surface area contributed by atoms with Crippen molar-refractivity contribution in [2.24, 2.45) is 5.92 Å². The van der Waals surface area contributed by atoms with E-state index in [0.29, 0.717) is 12.0 Å². The van der Waals surface area contributed by atoms with Crippen molar-refractivity contribution in [3.63, 3.8) is 0 Å². The number of ether oxygens (including phenoxy) is 1. The Hall–Kier alpha value is -1.49. The van der Waals surface area contributed by atoms with Crippen LogP contribution in [0, 0.1) is 5.92 Å². The molecule has 0 spiro atoms. The Kier molecular flexibility index (Phi) is 5.51. The minimum atomic E-state index is -0.426. The molecular formula is C17H28N2O3. The van der Waals surface area contributed by atoms with Crippen LogP contribution in [0.5, 0.6) is 0 Å². The molecule has 1 aromatic heterocycles. The Morgan fingerprint density at radius 2 is 2.32 bits per heavy atom. The number of carbonyl (C=O) groups is 1. The smallest absolute Gasteiger partial charge is 0.410 e. The van der Waals surface area contributed by atoms with E-state index in [9.17, 15) is 4.79 Å². The van der Waals surface area contributed by atoms with Gasteiger partial charge in [-0.05, 0) is 58.7 Å². The monoisotopic (exact) mass is 308 g/mol. The van der Waals surface area contributed by atoms with Crippen LogP contribution in [0.3, 0.4) is 0 Å². The molecule has 0 aliphatic carbocycles. The minimum absolute atomic E-state index is 0.196. The van der Waals surface area contributed by atoms with Crippen LogP contribution < -0.4 is 5.32 Å². The maximum atomic E-state index is 12.0. The fraction of sp³-hybridized carbons (Fsp3) is 0.706. The summed E-state index contributed by atoms with van der Waals surface area (Å²) in [5, 5.41) is 3.53. The van der Waals surface area contributed by atoms with E-state index in [4.69, 9.17) is 9.15 Å². The Morgan fingerprint density at radius 1 is 1.55 bits per heavy atom. The van der Waals surface area contributed by atoms with Crippen molar-refractivity contribution in [3.8, 4) is 0 Å². The normalized spacial score (nSPS) is 20.2. The van der Waals surface area contributed by atoms with Crippen LogP contribution in [-0.2, 0) is 11.2 Å². The molecule has 1 aliphatic heterocycles. The van der Waals surface area contributed by atoms with Crippen LogP contribution in [-0.4, -0.2) is 42.3 Å². The van der Waals surface area contributed by atoms with Crippen LogP contribution >= 0.6 is 0 Å². The second-order valence-corrected chi connectivity index (χ2v) is 7.17. The molecule has 1 aliphatic rings. The van der Waals surface area contributed by atoms with Gasteiger partial charge in [0.1, 0.15) is 11.4 Å². The number of nitrogens with one attached hydrogen (secondary N) is 1. The van der Waals surface area contributed by atoms with Crippen LogP contribution in [0.4, 0.5) is 4.79 Å². The Balaban J connectivity index is 1.69. The van der Waals surface area contributed by atoms with Crippen molar-refractivity contribution >= 4 is 6.09 Å². The molecule has 22 heavy (non-hydrogen) atoms. The van der Waals surface area contributed by atoms with Gasteiger partial charge < -0.3 is 19.4 Å². The number of hydrogen-bond acceptors (Lipinski definition) is 4. The summed E-state index contributed by atoms with van der Waals surface area (Å²) in [7, 11) is 0. The SMILES string of the molecule is CC(Cc1ccco1)NCC1CCN(C(=O)OC(C)(C)C)C1. The first-order valence-electron chi connectivity index (χ1n) is 8.07. The van der Waals surface area contributed by atoms with Crippen molar-refractivity contribution in [3.05, 3.63) is 24.2 Å². The standard InChI is InChI=1S/C17H28N2O3/c1-13(10-15-6-5-9-21-15)18-11-14-7-8-19(12-14)16(20)22-17(2,3)4/h5-6,9,13-14,18H,7-8,10-12H2,1-4H3. The molecule has 2 rings (SSSR count). The third-order valence-corrected chi connectivity index (χ3v) is 3.78. The molecule has 1 saturated heterocycles. The highest BCUT2D eigenvalue weighted by atomic mass is 16.6. The zero-order valence-corrected chi connectivity index (χ0v) is 14.1. The Labute approximate surface area is 133 Å². The van der Waals surface area contributed by atoms with Crippen LogP contribution in [0.1, 0.15) is 39.9 Å². The van der Waals surface area contributed by atoms with E-state index in [1.807, 2.05) is 37.8 Å². The lowest BCUT2D eigenvalue weighted by Crippen LogP contribution is -2.37. The van der Waals surface area contributed by atoms with Gasteiger partial charge in [0.15, 0.2) is 0 Å². The molecule has 0 aromatic carbocycles. The average molecular weight is 308 g/mol. The lowest BCUT2D eigenvalue weighted by atomic mass is 10.1. The van der Waals surface area contributed by atoms with Gasteiger partial charge >= 0.3 is 6.09 Å². The van der Waals surface area contributed by atoms with Gasteiger partial charge in [-0.2, -0.15) is 0 Å². The third kappa shape index (κ3) is 5.37. The van der Waals surface area contributed by atoms with Gasteiger partial charge in [0.05, 0.1) is 6.26 Å². The summed E-state index contributed by atoms with van der Waals surface area (Å²) in [5.41, 5.74) is -0.426. The molecule has 2 heterocycles. The first-order valence-corrected chi connectivity index (χ1v) is 8.07. The molecule has 0 saturated carbocycles. The van der Waals surface area contributed by atoms with Gasteiger partial charge in [-0.15, -0.1) is 0 Å².